The quantitative estimate of drug-likeness (QED) is 0.633. The molecule has 0 aromatic heterocycles. The zero-order valence-corrected chi connectivity index (χ0v) is 17.8. The Morgan fingerprint density at radius 2 is 2.00 bits per heavy atom. The fourth-order valence-electron chi connectivity index (χ4n) is 3.37. The van der Waals surface area contributed by atoms with E-state index in [4.69, 9.17) is 21.2 Å². The van der Waals surface area contributed by atoms with Crippen LogP contribution in [0.25, 0.3) is 0 Å². The van der Waals surface area contributed by atoms with Crippen molar-refractivity contribution in [3.8, 4) is 0 Å². The predicted octanol–water partition coefficient (Wildman–Crippen LogP) is 4.12. The number of halogens is 1. The van der Waals surface area contributed by atoms with Crippen LogP contribution < -0.4 is 0 Å². The molecule has 1 heterocycles. The first kappa shape index (κ1) is 21.8. The Morgan fingerprint density at radius 3 is 2.72 bits per heavy atom. The molecule has 29 heavy (non-hydrogen) atoms. The number of ether oxygens (including phenoxy) is 1. The van der Waals surface area contributed by atoms with E-state index in [9.17, 15) is 5.11 Å². The van der Waals surface area contributed by atoms with Crippen molar-refractivity contribution in [3.63, 3.8) is 0 Å². The fraction of sp³-hybridized carbons (Fsp3) is 0.435. The van der Waals surface area contributed by atoms with Gasteiger partial charge in [-0.05, 0) is 37.1 Å². The van der Waals surface area contributed by atoms with Crippen molar-refractivity contribution >= 4 is 17.3 Å². The zero-order valence-electron chi connectivity index (χ0n) is 17.0. The smallest absolute Gasteiger partial charge is 0.145 e. The van der Waals surface area contributed by atoms with Crippen molar-refractivity contribution < 1.29 is 14.7 Å². The maximum absolute atomic E-state index is 10.4. The van der Waals surface area contributed by atoms with Crippen LogP contribution in [-0.4, -0.2) is 53.7 Å². The molecule has 0 aliphatic carbocycles. The maximum Gasteiger partial charge on any atom is 0.145 e. The summed E-state index contributed by atoms with van der Waals surface area (Å²) in [5.74, 6) is 0. The number of hydrogen-bond donors (Lipinski definition) is 1. The third-order valence-electron chi connectivity index (χ3n) is 4.69. The lowest BCUT2D eigenvalue weighted by Gasteiger charge is -2.27. The van der Waals surface area contributed by atoms with Gasteiger partial charge in [-0.15, -0.1) is 0 Å². The Balaban J connectivity index is 1.61. The van der Waals surface area contributed by atoms with Crippen molar-refractivity contribution in [1.82, 2.24) is 4.90 Å². The molecule has 0 fully saturated rings. The lowest BCUT2D eigenvalue weighted by molar-refractivity contribution is -0.0194. The van der Waals surface area contributed by atoms with Gasteiger partial charge in [-0.25, -0.2) is 0 Å². The normalized spacial score (nSPS) is 17.4. The van der Waals surface area contributed by atoms with Crippen molar-refractivity contribution in [2.24, 2.45) is 5.16 Å². The van der Waals surface area contributed by atoms with E-state index in [2.05, 4.69) is 10.1 Å². The standard InChI is InChI=1S/C23H29ClN2O3/c1-17(2)28-16-21(27)14-26(13-18-7-6-10-20(24)11-18)15-22-12-23(25-29-22)19-8-4-3-5-9-19/h3-11,17,21-22,27H,12-16H2,1-2H3/t21-,22-/m1/s1. The van der Waals surface area contributed by atoms with E-state index in [-0.39, 0.29) is 12.2 Å². The molecule has 6 heteroatoms. The number of nitrogens with zero attached hydrogens (tertiary/aromatic N) is 2. The van der Waals surface area contributed by atoms with Crippen LogP contribution in [0.4, 0.5) is 0 Å². The summed E-state index contributed by atoms with van der Waals surface area (Å²) < 4.78 is 5.57. The highest BCUT2D eigenvalue weighted by Crippen LogP contribution is 2.19. The highest BCUT2D eigenvalue weighted by atomic mass is 35.5. The molecule has 0 saturated carbocycles. The highest BCUT2D eigenvalue weighted by molar-refractivity contribution is 6.30. The summed E-state index contributed by atoms with van der Waals surface area (Å²) in [7, 11) is 0. The Labute approximate surface area is 177 Å². The molecule has 1 aliphatic heterocycles. The summed E-state index contributed by atoms with van der Waals surface area (Å²) in [5, 5.41) is 15.4. The van der Waals surface area contributed by atoms with Crippen LogP contribution in [0.2, 0.25) is 5.02 Å². The van der Waals surface area contributed by atoms with Gasteiger partial charge in [0.05, 0.1) is 24.5 Å². The third-order valence-corrected chi connectivity index (χ3v) is 4.92. The number of hydrogen-bond acceptors (Lipinski definition) is 5. The summed E-state index contributed by atoms with van der Waals surface area (Å²) in [6, 6.07) is 17.9. The summed E-state index contributed by atoms with van der Waals surface area (Å²) in [6.07, 6.45) is 0.204. The second-order valence-electron chi connectivity index (χ2n) is 7.70. The molecule has 1 N–H and O–H groups in total. The molecular formula is C23H29ClN2O3. The Morgan fingerprint density at radius 1 is 1.21 bits per heavy atom. The maximum atomic E-state index is 10.4. The van der Waals surface area contributed by atoms with Gasteiger partial charge in [0, 0.05) is 31.1 Å². The van der Waals surface area contributed by atoms with Crippen LogP contribution in [0, 0.1) is 0 Å². The van der Waals surface area contributed by atoms with Crippen molar-refractivity contribution in [2.75, 3.05) is 19.7 Å². The van der Waals surface area contributed by atoms with Gasteiger partial charge < -0.3 is 14.7 Å². The molecule has 0 radical (unpaired) electrons. The lowest BCUT2D eigenvalue weighted by Crippen LogP contribution is -2.39. The molecule has 2 aromatic rings. The monoisotopic (exact) mass is 416 g/mol. The first-order valence-corrected chi connectivity index (χ1v) is 10.4. The molecule has 156 valence electrons. The van der Waals surface area contributed by atoms with Crippen LogP contribution in [0.5, 0.6) is 0 Å². The minimum atomic E-state index is -0.576. The molecular weight excluding hydrogens is 388 g/mol. The van der Waals surface area contributed by atoms with E-state index in [0.717, 1.165) is 23.3 Å². The van der Waals surface area contributed by atoms with Crippen LogP contribution >= 0.6 is 11.6 Å². The van der Waals surface area contributed by atoms with Gasteiger partial charge in [0.15, 0.2) is 0 Å². The Bertz CT molecular complexity index is 798. The first-order chi connectivity index (χ1) is 14.0. The number of aliphatic hydroxyl groups excluding tert-OH is 1. The van der Waals surface area contributed by atoms with Gasteiger partial charge in [0.25, 0.3) is 0 Å². The van der Waals surface area contributed by atoms with E-state index in [1.165, 1.54) is 0 Å². The van der Waals surface area contributed by atoms with Crippen molar-refractivity contribution in [2.45, 2.75) is 45.1 Å². The molecule has 2 atom stereocenters. The largest absolute Gasteiger partial charge is 0.390 e. The summed E-state index contributed by atoms with van der Waals surface area (Å²) >= 11 is 6.14. The highest BCUT2D eigenvalue weighted by Gasteiger charge is 2.25. The van der Waals surface area contributed by atoms with Gasteiger partial charge in [-0.1, -0.05) is 59.2 Å². The molecule has 3 rings (SSSR count). The van der Waals surface area contributed by atoms with Gasteiger partial charge >= 0.3 is 0 Å². The van der Waals surface area contributed by atoms with E-state index < -0.39 is 6.10 Å². The van der Waals surface area contributed by atoms with E-state index in [0.29, 0.717) is 31.3 Å². The molecule has 0 bridgehead atoms. The average molecular weight is 417 g/mol. The number of rotatable bonds is 10. The van der Waals surface area contributed by atoms with Crippen LogP contribution in [0.1, 0.15) is 31.4 Å². The first-order valence-electron chi connectivity index (χ1n) is 10.0. The Kier molecular flexibility index (Phi) is 8.07. The predicted molar refractivity (Wildman–Crippen MR) is 116 cm³/mol. The summed E-state index contributed by atoms with van der Waals surface area (Å²) in [4.78, 5) is 7.87. The molecule has 2 aromatic carbocycles. The molecule has 0 amide bonds. The molecule has 0 unspecified atom stereocenters. The minimum absolute atomic E-state index is 0.0531. The van der Waals surface area contributed by atoms with E-state index in [1.54, 1.807) is 0 Å². The van der Waals surface area contributed by atoms with E-state index >= 15 is 0 Å². The van der Waals surface area contributed by atoms with Crippen LogP contribution in [0.15, 0.2) is 59.8 Å². The van der Waals surface area contributed by atoms with E-state index in [1.807, 2.05) is 68.4 Å². The second-order valence-corrected chi connectivity index (χ2v) is 8.13. The van der Waals surface area contributed by atoms with Gasteiger partial charge in [-0.3, -0.25) is 4.90 Å². The van der Waals surface area contributed by atoms with Crippen molar-refractivity contribution in [1.29, 1.82) is 0 Å². The minimum Gasteiger partial charge on any atom is -0.390 e. The second kappa shape index (κ2) is 10.7. The van der Waals surface area contributed by atoms with Gasteiger partial charge in [-0.2, -0.15) is 0 Å². The SMILES string of the molecule is CC(C)OC[C@H](O)CN(Cc1cccc(Cl)c1)C[C@H]1CC(c2ccccc2)=NO1. The van der Waals surface area contributed by atoms with Crippen molar-refractivity contribution in [3.05, 3.63) is 70.7 Å². The molecule has 5 nitrogen and oxygen atoms in total. The van der Waals surface area contributed by atoms with Crippen LogP contribution in [0.3, 0.4) is 0 Å². The topological polar surface area (TPSA) is 54.3 Å². The molecule has 0 saturated heterocycles. The van der Waals surface area contributed by atoms with Gasteiger partial charge in [0.1, 0.15) is 6.10 Å². The third kappa shape index (κ3) is 7.12. The number of oxime groups is 1. The summed E-state index contributed by atoms with van der Waals surface area (Å²) in [5.41, 5.74) is 3.14. The van der Waals surface area contributed by atoms with Gasteiger partial charge in [0.2, 0.25) is 0 Å². The zero-order chi connectivity index (χ0) is 20.6. The molecule has 0 spiro atoms. The summed E-state index contributed by atoms with van der Waals surface area (Å²) in [6.45, 7) is 6.04. The lowest BCUT2D eigenvalue weighted by atomic mass is 10.0. The average Bonchev–Trinajstić information content (AvgIpc) is 3.15. The molecule has 1 aliphatic rings. The number of benzene rings is 2. The fourth-order valence-corrected chi connectivity index (χ4v) is 3.58. The van der Waals surface area contributed by atoms with Crippen LogP contribution in [-0.2, 0) is 16.1 Å². The Hall–Kier alpha value is -1.92. The number of aliphatic hydroxyl groups is 1.